The summed E-state index contributed by atoms with van der Waals surface area (Å²) in [6, 6.07) is 4.05. The summed E-state index contributed by atoms with van der Waals surface area (Å²) >= 11 is 0. The zero-order chi connectivity index (χ0) is 21.5. The summed E-state index contributed by atoms with van der Waals surface area (Å²) in [6.07, 6.45) is 11.8. The van der Waals surface area contributed by atoms with Crippen LogP contribution in [0, 0.1) is 11.8 Å². The van der Waals surface area contributed by atoms with Crippen LogP contribution in [0.5, 0.6) is 0 Å². The Balaban J connectivity index is 1.69. The average Bonchev–Trinajstić information content (AvgIpc) is 2.79. The van der Waals surface area contributed by atoms with E-state index in [0.717, 1.165) is 67.8 Å². The number of aromatic nitrogens is 3. The van der Waals surface area contributed by atoms with E-state index < -0.39 is 0 Å². The van der Waals surface area contributed by atoms with E-state index in [0.29, 0.717) is 11.8 Å². The molecule has 3 rings (SSSR count). The number of amides is 1. The molecule has 2 aromatic rings. The van der Waals surface area contributed by atoms with Crippen LogP contribution in [0.3, 0.4) is 0 Å². The van der Waals surface area contributed by atoms with Gasteiger partial charge in [-0.1, -0.05) is 13.8 Å². The Kier molecular flexibility index (Phi) is 7.77. The summed E-state index contributed by atoms with van der Waals surface area (Å²) < 4.78 is 0. The van der Waals surface area contributed by atoms with Crippen LogP contribution in [0.4, 0.5) is 5.95 Å². The van der Waals surface area contributed by atoms with E-state index in [-0.39, 0.29) is 11.8 Å². The van der Waals surface area contributed by atoms with E-state index in [4.69, 9.17) is 4.98 Å². The first-order valence-electron chi connectivity index (χ1n) is 11.3. The van der Waals surface area contributed by atoms with Crippen LogP contribution in [0.2, 0.25) is 0 Å². The fourth-order valence-electron chi connectivity index (χ4n) is 4.35. The molecule has 1 saturated carbocycles. The van der Waals surface area contributed by atoms with Crippen molar-refractivity contribution in [3.8, 4) is 11.1 Å². The summed E-state index contributed by atoms with van der Waals surface area (Å²) in [5.74, 6) is 2.09. The van der Waals surface area contributed by atoms with Gasteiger partial charge in [-0.2, -0.15) is 0 Å². The van der Waals surface area contributed by atoms with Gasteiger partial charge >= 0.3 is 0 Å². The number of hydrogen-bond donors (Lipinski definition) is 1. The number of hydrogen-bond acceptors (Lipinski definition) is 5. The molecular weight excluding hydrogens is 374 g/mol. The maximum atomic E-state index is 12.3. The van der Waals surface area contributed by atoms with E-state index in [9.17, 15) is 4.79 Å². The molecule has 1 N–H and O–H groups in total. The van der Waals surface area contributed by atoms with Crippen molar-refractivity contribution in [2.75, 3.05) is 25.5 Å². The topological polar surface area (TPSA) is 71.0 Å². The van der Waals surface area contributed by atoms with Crippen molar-refractivity contribution in [3.05, 3.63) is 36.4 Å². The molecule has 30 heavy (non-hydrogen) atoms. The van der Waals surface area contributed by atoms with E-state index in [1.807, 2.05) is 49.7 Å². The fraction of sp³-hybridized carbons (Fsp3) is 0.583. The average molecular weight is 410 g/mol. The molecule has 0 radical (unpaired) electrons. The molecule has 0 bridgehead atoms. The molecule has 6 nitrogen and oxygen atoms in total. The highest BCUT2D eigenvalue weighted by atomic mass is 16.1. The van der Waals surface area contributed by atoms with Crippen LogP contribution in [-0.4, -0.2) is 41.5 Å². The highest BCUT2D eigenvalue weighted by Gasteiger charge is 2.27. The third kappa shape index (κ3) is 5.35. The highest BCUT2D eigenvalue weighted by molar-refractivity contribution is 5.78. The predicted molar refractivity (Wildman–Crippen MR) is 121 cm³/mol. The standard InChI is InChI=1S/C24H35N5O/c1-5-18(6-2)23(30)26-15-17-7-9-20(10-8-17)22-21(19-11-13-25-14-12-19)16-27-24(28-22)29(3)4/h11-14,16-18,20H,5-10,15H2,1-4H3,(H,26,30). The van der Waals surface area contributed by atoms with Gasteiger partial charge < -0.3 is 10.2 Å². The maximum Gasteiger partial charge on any atom is 0.225 e. The minimum Gasteiger partial charge on any atom is -0.356 e. The lowest BCUT2D eigenvalue weighted by Crippen LogP contribution is -2.35. The quantitative estimate of drug-likeness (QED) is 0.698. The minimum atomic E-state index is 0.148. The lowest BCUT2D eigenvalue weighted by molar-refractivity contribution is -0.125. The molecule has 0 unspecified atom stereocenters. The number of carbonyl (C=O) groups is 1. The Labute approximate surface area is 180 Å². The Morgan fingerprint density at radius 2 is 1.80 bits per heavy atom. The number of nitrogens with one attached hydrogen (secondary N) is 1. The molecule has 2 aromatic heterocycles. The minimum absolute atomic E-state index is 0.148. The van der Waals surface area contributed by atoms with E-state index in [1.165, 1.54) is 0 Å². The molecule has 0 aliphatic heterocycles. The Hall–Kier alpha value is -2.50. The summed E-state index contributed by atoms with van der Waals surface area (Å²) in [4.78, 5) is 27.9. The van der Waals surface area contributed by atoms with Crippen LogP contribution in [-0.2, 0) is 4.79 Å². The van der Waals surface area contributed by atoms with Crippen LogP contribution >= 0.6 is 0 Å². The highest BCUT2D eigenvalue weighted by Crippen LogP contribution is 2.39. The van der Waals surface area contributed by atoms with Crippen LogP contribution in [0.15, 0.2) is 30.7 Å². The van der Waals surface area contributed by atoms with Gasteiger partial charge in [-0.3, -0.25) is 9.78 Å². The first kappa shape index (κ1) is 22.2. The SMILES string of the molecule is CCC(CC)C(=O)NCC1CCC(c2nc(N(C)C)ncc2-c2ccncc2)CC1. The molecular formula is C24H35N5O. The van der Waals surface area contributed by atoms with E-state index in [2.05, 4.69) is 29.1 Å². The number of nitrogens with zero attached hydrogens (tertiary/aromatic N) is 4. The molecule has 1 aliphatic carbocycles. The normalized spacial score (nSPS) is 19.0. The molecule has 1 amide bonds. The summed E-state index contributed by atoms with van der Waals surface area (Å²) in [7, 11) is 3.95. The number of anilines is 1. The Morgan fingerprint density at radius 3 is 2.40 bits per heavy atom. The largest absolute Gasteiger partial charge is 0.356 e. The molecule has 0 saturated heterocycles. The second-order valence-electron chi connectivity index (χ2n) is 8.58. The van der Waals surface area contributed by atoms with Crippen molar-refractivity contribution in [1.82, 2.24) is 20.3 Å². The van der Waals surface area contributed by atoms with E-state index >= 15 is 0 Å². The first-order chi connectivity index (χ1) is 14.5. The molecule has 0 spiro atoms. The van der Waals surface area contributed by atoms with Gasteiger partial charge in [-0.25, -0.2) is 9.97 Å². The monoisotopic (exact) mass is 409 g/mol. The van der Waals surface area contributed by atoms with Crippen molar-refractivity contribution in [2.24, 2.45) is 11.8 Å². The molecule has 162 valence electrons. The van der Waals surface area contributed by atoms with Gasteiger partial charge in [0, 0.05) is 56.6 Å². The smallest absolute Gasteiger partial charge is 0.225 e. The van der Waals surface area contributed by atoms with Crippen molar-refractivity contribution in [3.63, 3.8) is 0 Å². The van der Waals surface area contributed by atoms with Gasteiger partial charge in [0.05, 0.1) is 5.69 Å². The van der Waals surface area contributed by atoms with Crippen molar-refractivity contribution < 1.29 is 4.79 Å². The first-order valence-corrected chi connectivity index (χ1v) is 11.3. The lowest BCUT2D eigenvalue weighted by Gasteiger charge is -2.30. The molecule has 1 aliphatic rings. The predicted octanol–water partition coefficient (Wildman–Crippen LogP) is 4.43. The van der Waals surface area contributed by atoms with Gasteiger partial charge in [-0.05, 0) is 62.1 Å². The molecule has 1 fully saturated rings. The van der Waals surface area contributed by atoms with Gasteiger partial charge in [-0.15, -0.1) is 0 Å². The maximum absolute atomic E-state index is 12.3. The van der Waals surface area contributed by atoms with Crippen LogP contribution < -0.4 is 10.2 Å². The van der Waals surface area contributed by atoms with Gasteiger partial charge in [0.1, 0.15) is 0 Å². The van der Waals surface area contributed by atoms with Gasteiger partial charge in [0.2, 0.25) is 11.9 Å². The number of rotatable bonds is 8. The fourth-order valence-corrected chi connectivity index (χ4v) is 4.35. The Morgan fingerprint density at radius 1 is 1.13 bits per heavy atom. The Bertz CT molecular complexity index is 812. The summed E-state index contributed by atoms with van der Waals surface area (Å²) in [5.41, 5.74) is 3.36. The summed E-state index contributed by atoms with van der Waals surface area (Å²) in [6.45, 7) is 4.97. The summed E-state index contributed by atoms with van der Waals surface area (Å²) in [5, 5.41) is 3.19. The third-order valence-electron chi connectivity index (χ3n) is 6.35. The lowest BCUT2D eigenvalue weighted by atomic mass is 9.79. The van der Waals surface area contributed by atoms with Crippen molar-refractivity contribution in [1.29, 1.82) is 0 Å². The molecule has 0 aromatic carbocycles. The van der Waals surface area contributed by atoms with E-state index in [1.54, 1.807) is 0 Å². The zero-order valence-electron chi connectivity index (χ0n) is 18.8. The zero-order valence-corrected chi connectivity index (χ0v) is 18.8. The third-order valence-corrected chi connectivity index (χ3v) is 6.35. The number of carbonyl (C=O) groups excluding carboxylic acids is 1. The van der Waals surface area contributed by atoms with Crippen LogP contribution in [0.1, 0.15) is 64.0 Å². The number of pyridine rings is 1. The van der Waals surface area contributed by atoms with Crippen molar-refractivity contribution >= 4 is 11.9 Å². The van der Waals surface area contributed by atoms with Crippen LogP contribution in [0.25, 0.3) is 11.1 Å². The molecule has 2 heterocycles. The molecule has 6 heteroatoms. The van der Waals surface area contributed by atoms with Crippen molar-refractivity contribution in [2.45, 2.75) is 58.3 Å². The molecule has 0 atom stereocenters. The van der Waals surface area contributed by atoms with Gasteiger partial charge in [0.25, 0.3) is 0 Å². The van der Waals surface area contributed by atoms with Gasteiger partial charge in [0.15, 0.2) is 0 Å². The second-order valence-corrected chi connectivity index (χ2v) is 8.58. The second kappa shape index (κ2) is 10.5.